The summed E-state index contributed by atoms with van der Waals surface area (Å²) in [5, 5.41) is 9.20. The van der Waals surface area contributed by atoms with Crippen LogP contribution in [0.5, 0.6) is 0 Å². The monoisotopic (exact) mass is 261 g/mol. The molecule has 19 heavy (non-hydrogen) atoms. The number of anilines is 1. The van der Waals surface area contributed by atoms with E-state index >= 15 is 0 Å². The van der Waals surface area contributed by atoms with Crippen molar-refractivity contribution in [1.82, 2.24) is 4.98 Å². The van der Waals surface area contributed by atoms with E-state index in [0.29, 0.717) is 24.9 Å². The van der Waals surface area contributed by atoms with Crippen LogP contribution in [0, 0.1) is 25.2 Å². The molecule has 0 amide bonds. The number of pyridine rings is 1. The lowest BCUT2D eigenvalue weighted by atomic mass is 10.1. The summed E-state index contributed by atoms with van der Waals surface area (Å²) in [6.07, 6.45) is 1.07. The Morgan fingerprint density at radius 2 is 2.21 bits per heavy atom. The highest BCUT2D eigenvalue weighted by atomic mass is 16.5. The van der Waals surface area contributed by atoms with E-state index in [4.69, 9.17) is 0 Å². The molecule has 1 rings (SSSR count). The van der Waals surface area contributed by atoms with Crippen molar-refractivity contribution in [2.24, 2.45) is 0 Å². The number of hydrogen-bond donors (Lipinski definition) is 0. The molecule has 0 unspecified atom stereocenters. The SMILES string of the molecule is COC(=O)CCCN(C)c1cc(C)nc(C)c1C#N. The summed E-state index contributed by atoms with van der Waals surface area (Å²) in [6.45, 7) is 4.42. The van der Waals surface area contributed by atoms with Crippen molar-refractivity contribution in [3.05, 3.63) is 23.0 Å². The fraction of sp³-hybridized carbons (Fsp3) is 0.500. The number of nitriles is 1. The summed E-state index contributed by atoms with van der Waals surface area (Å²) >= 11 is 0. The molecule has 1 aromatic heterocycles. The summed E-state index contributed by atoms with van der Waals surface area (Å²) in [5.41, 5.74) is 3.06. The first-order valence-corrected chi connectivity index (χ1v) is 6.16. The van der Waals surface area contributed by atoms with Crippen molar-refractivity contribution in [2.45, 2.75) is 26.7 Å². The van der Waals surface area contributed by atoms with Crippen molar-refractivity contribution >= 4 is 11.7 Å². The second-order valence-electron chi connectivity index (χ2n) is 4.46. The predicted octanol–water partition coefficient (Wildman–Crippen LogP) is 1.96. The highest BCUT2D eigenvalue weighted by molar-refractivity contribution is 5.69. The van der Waals surface area contributed by atoms with Crippen LogP contribution in [0.4, 0.5) is 5.69 Å². The molecule has 5 heteroatoms. The number of nitrogens with zero attached hydrogens (tertiary/aromatic N) is 3. The second-order valence-corrected chi connectivity index (χ2v) is 4.46. The molecule has 0 spiro atoms. The molecule has 0 fully saturated rings. The van der Waals surface area contributed by atoms with E-state index in [1.54, 1.807) is 0 Å². The molecule has 0 radical (unpaired) electrons. The molecule has 0 saturated heterocycles. The lowest BCUT2D eigenvalue weighted by Gasteiger charge is -2.21. The molecule has 0 aliphatic rings. The Bertz CT molecular complexity index is 506. The van der Waals surface area contributed by atoms with Crippen LogP contribution in [0.3, 0.4) is 0 Å². The van der Waals surface area contributed by atoms with Gasteiger partial charge in [-0.1, -0.05) is 0 Å². The zero-order valence-electron chi connectivity index (χ0n) is 11.9. The van der Waals surface area contributed by atoms with Gasteiger partial charge < -0.3 is 9.64 Å². The maximum atomic E-state index is 11.1. The summed E-state index contributed by atoms with van der Waals surface area (Å²) in [5.74, 6) is -0.212. The number of methoxy groups -OCH3 is 1. The number of aromatic nitrogens is 1. The molecule has 1 aromatic rings. The standard InChI is InChI=1S/C14H19N3O2/c1-10-8-13(12(9-15)11(2)16-10)17(3)7-5-6-14(18)19-4/h8H,5-7H2,1-4H3. The molecule has 0 aromatic carbocycles. The van der Waals surface area contributed by atoms with Gasteiger partial charge in [-0.25, -0.2) is 0 Å². The maximum absolute atomic E-state index is 11.1. The molecule has 0 bridgehead atoms. The smallest absolute Gasteiger partial charge is 0.305 e. The predicted molar refractivity (Wildman–Crippen MR) is 72.9 cm³/mol. The van der Waals surface area contributed by atoms with Crippen molar-refractivity contribution in [1.29, 1.82) is 5.26 Å². The number of esters is 1. The second kappa shape index (κ2) is 6.74. The molecular formula is C14H19N3O2. The first kappa shape index (κ1) is 15.0. The Balaban J connectivity index is 2.79. The number of carbonyl (C=O) groups excluding carboxylic acids is 1. The van der Waals surface area contributed by atoms with E-state index in [1.807, 2.05) is 31.9 Å². The van der Waals surface area contributed by atoms with Crippen LogP contribution in [-0.4, -0.2) is 31.7 Å². The molecule has 0 atom stereocenters. The zero-order valence-corrected chi connectivity index (χ0v) is 11.9. The third kappa shape index (κ3) is 3.95. The minimum absolute atomic E-state index is 0.212. The van der Waals surface area contributed by atoms with Crippen LogP contribution < -0.4 is 4.90 Å². The first-order chi connectivity index (χ1) is 8.99. The number of hydrogen-bond acceptors (Lipinski definition) is 5. The fourth-order valence-corrected chi connectivity index (χ4v) is 1.93. The number of ether oxygens (including phenoxy) is 1. The fourth-order valence-electron chi connectivity index (χ4n) is 1.93. The third-order valence-corrected chi connectivity index (χ3v) is 2.93. The van der Waals surface area contributed by atoms with E-state index in [2.05, 4.69) is 15.8 Å². The maximum Gasteiger partial charge on any atom is 0.305 e. The first-order valence-electron chi connectivity index (χ1n) is 6.16. The molecule has 5 nitrogen and oxygen atoms in total. The molecule has 0 saturated carbocycles. The van der Waals surface area contributed by atoms with E-state index in [0.717, 1.165) is 17.1 Å². The molecule has 0 aliphatic heterocycles. The van der Waals surface area contributed by atoms with Crippen molar-refractivity contribution in [3.8, 4) is 6.07 Å². The van der Waals surface area contributed by atoms with Gasteiger partial charge in [0.2, 0.25) is 0 Å². The number of carbonyl (C=O) groups is 1. The third-order valence-electron chi connectivity index (χ3n) is 2.93. The van der Waals surface area contributed by atoms with E-state index in [9.17, 15) is 10.1 Å². The van der Waals surface area contributed by atoms with Crippen LogP contribution in [0.2, 0.25) is 0 Å². The van der Waals surface area contributed by atoms with Crippen molar-refractivity contribution in [2.75, 3.05) is 25.6 Å². The number of rotatable bonds is 5. The Morgan fingerprint density at radius 1 is 1.53 bits per heavy atom. The Hall–Kier alpha value is -2.09. The van der Waals surface area contributed by atoms with Crippen molar-refractivity contribution < 1.29 is 9.53 Å². The zero-order chi connectivity index (χ0) is 14.4. The molecule has 1 heterocycles. The lowest BCUT2D eigenvalue weighted by molar-refractivity contribution is -0.140. The van der Waals surface area contributed by atoms with Gasteiger partial charge in [0.1, 0.15) is 6.07 Å². The van der Waals surface area contributed by atoms with Gasteiger partial charge in [0.05, 0.1) is 24.1 Å². The van der Waals surface area contributed by atoms with Crippen molar-refractivity contribution in [3.63, 3.8) is 0 Å². The normalized spacial score (nSPS) is 9.84. The Kier molecular flexibility index (Phi) is 5.31. The van der Waals surface area contributed by atoms with Gasteiger partial charge in [-0.05, 0) is 26.3 Å². The van der Waals surface area contributed by atoms with Gasteiger partial charge in [0.25, 0.3) is 0 Å². The summed E-state index contributed by atoms with van der Waals surface area (Å²) < 4.78 is 4.60. The van der Waals surface area contributed by atoms with Crippen LogP contribution in [0.1, 0.15) is 29.8 Å². The number of aryl methyl sites for hydroxylation is 2. The average molecular weight is 261 g/mol. The van der Waals surface area contributed by atoms with Gasteiger partial charge in [0.15, 0.2) is 0 Å². The topological polar surface area (TPSA) is 66.2 Å². The highest BCUT2D eigenvalue weighted by Gasteiger charge is 2.12. The molecule has 0 aliphatic carbocycles. The summed E-state index contributed by atoms with van der Waals surface area (Å²) in [7, 11) is 3.29. The van der Waals surface area contributed by atoms with E-state index in [1.165, 1.54) is 7.11 Å². The van der Waals surface area contributed by atoms with Crippen LogP contribution >= 0.6 is 0 Å². The largest absolute Gasteiger partial charge is 0.469 e. The van der Waals surface area contributed by atoms with Gasteiger partial charge >= 0.3 is 5.97 Å². The summed E-state index contributed by atoms with van der Waals surface area (Å²) in [4.78, 5) is 17.3. The van der Waals surface area contributed by atoms with Gasteiger partial charge in [0, 0.05) is 25.7 Å². The lowest BCUT2D eigenvalue weighted by Crippen LogP contribution is -2.21. The molecule has 102 valence electrons. The molecule has 0 N–H and O–H groups in total. The van der Waals surface area contributed by atoms with Crippen LogP contribution in [0.25, 0.3) is 0 Å². The van der Waals surface area contributed by atoms with E-state index < -0.39 is 0 Å². The minimum Gasteiger partial charge on any atom is -0.469 e. The van der Waals surface area contributed by atoms with Gasteiger partial charge in [-0.15, -0.1) is 0 Å². The minimum atomic E-state index is -0.212. The van der Waals surface area contributed by atoms with Crippen LogP contribution in [0.15, 0.2) is 6.07 Å². The van der Waals surface area contributed by atoms with Gasteiger partial charge in [-0.3, -0.25) is 9.78 Å². The van der Waals surface area contributed by atoms with E-state index in [-0.39, 0.29) is 5.97 Å². The average Bonchev–Trinajstić information content (AvgIpc) is 2.37. The Labute approximate surface area is 113 Å². The highest BCUT2D eigenvalue weighted by Crippen LogP contribution is 2.22. The molecular weight excluding hydrogens is 242 g/mol. The van der Waals surface area contributed by atoms with Crippen LogP contribution in [-0.2, 0) is 9.53 Å². The summed E-state index contributed by atoms with van der Waals surface area (Å²) in [6, 6.07) is 4.08. The quantitative estimate of drug-likeness (QED) is 0.758. The Morgan fingerprint density at radius 3 is 2.79 bits per heavy atom. The van der Waals surface area contributed by atoms with Gasteiger partial charge in [-0.2, -0.15) is 5.26 Å².